The van der Waals surface area contributed by atoms with Gasteiger partial charge in [-0.15, -0.1) is 24.0 Å². The Hall–Kier alpha value is -1.57. The van der Waals surface area contributed by atoms with Crippen LogP contribution in [0.1, 0.15) is 44.5 Å². The molecule has 2 aromatic rings. The molecule has 1 aromatic carbocycles. The van der Waals surface area contributed by atoms with Crippen molar-refractivity contribution in [3.8, 4) is 0 Å². The number of aliphatic imine (C=N–C) groups is 1. The van der Waals surface area contributed by atoms with Crippen LogP contribution in [0.2, 0.25) is 0 Å². The van der Waals surface area contributed by atoms with Gasteiger partial charge in [0.1, 0.15) is 0 Å². The summed E-state index contributed by atoms with van der Waals surface area (Å²) in [5.41, 5.74) is 3.86. The van der Waals surface area contributed by atoms with Crippen molar-refractivity contribution in [1.82, 2.24) is 20.4 Å². The molecule has 0 aliphatic rings. The first-order chi connectivity index (χ1) is 11.4. The molecule has 2 rings (SSSR count). The second kappa shape index (κ2) is 9.79. The molecule has 0 unspecified atom stereocenters. The first-order valence-corrected chi connectivity index (χ1v) is 8.48. The van der Waals surface area contributed by atoms with Crippen LogP contribution in [0, 0.1) is 0 Å². The number of benzene rings is 1. The van der Waals surface area contributed by atoms with Gasteiger partial charge in [-0.25, -0.2) is 4.99 Å². The standard InChI is InChI=1S/C19H29N5.HI/c1-6-20-18(22-14-17-11-12-23-24(17)5)21-13-15-7-9-16(10-8-15)19(2,3)4;/h7-12H,6,13-14H2,1-5H3,(H2,20,21,22);1H. The van der Waals surface area contributed by atoms with Crippen molar-refractivity contribution in [3.05, 3.63) is 53.3 Å². The molecular formula is C19H30IN5. The summed E-state index contributed by atoms with van der Waals surface area (Å²) >= 11 is 0. The Labute approximate surface area is 168 Å². The van der Waals surface area contributed by atoms with Gasteiger partial charge in [-0.05, 0) is 29.5 Å². The molecule has 0 fully saturated rings. The molecule has 0 atom stereocenters. The molecule has 0 amide bonds. The lowest BCUT2D eigenvalue weighted by Gasteiger charge is -2.19. The highest BCUT2D eigenvalue weighted by Crippen LogP contribution is 2.22. The zero-order chi connectivity index (χ0) is 17.6. The van der Waals surface area contributed by atoms with E-state index in [9.17, 15) is 0 Å². The van der Waals surface area contributed by atoms with E-state index in [0.717, 1.165) is 18.2 Å². The van der Waals surface area contributed by atoms with Crippen LogP contribution < -0.4 is 10.6 Å². The van der Waals surface area contributed by atoms with E-state index in [2.05, 4.69) is 72.7 Å². The van der Waals surface area contributed by atoms with Gasteiger partial charge >= 0.3 is 0 Å². The topological polar surface area (TPSA) is 54.2 Å². The fourth-order valence-electron chi connectivity index (χ4n) is 2.37. The van der Waals surface area contributed by atoms with Crippen molar-refractivity contribution < 1.29 is 0 Å². The summed E-state index contributed by atoms with van der Waals surface area (Å²) in [5.74, 6) is 0.818. The number of aryl methyl sites for hydroxylation is 1. The zero-order valence-electron chi connectivity index (χ0n) is 15.8. The third kappa shape index (κ3) is 6.68. The van der Waals surface area contributed by atoms with E-state index in [0.29, 0.717) is 13.1 Å². The summed E-state index contributed by atoms with van der Waals surface area (Å²) in [6, 6.07) is 10.7. The Morgan fingerprint density at radius 2 is 1.80 bits per heavy atom. The number of nitrogens with one attached hydrogen (secondary N) is 2. The molecule has 0 radical (unpaired) electrons. The smallest absolute Gasteiger partial charge is 0.191 e. The number of aromatic nitrogens is 2. The molecule has 1 aromatic heterocycles. The van der Waals surface area contributed by atoms with E-state index in [4.69, 9.17) is 0 Å². The lowest BCUT2D eigenvalue weighted by molar-refractivity contribution is 0.590. The van der Waals surface area contributed by atoms with E-state index in [1.165, 1.54) is 11.1 Å². The molecule has 0 spiro atoms. The fraction of sp³-hybridized carbons (Fsp3) is 0.474. The first kappa shape index (κ1) is 21.5. The Morgan fingerprint density at radius 1 is 1.12 bits per heavy atom. The van der Waals surface area contributed by atoms with Crippen LogP contribution in [0.4, 0.5) is 0 Å². The van der Waals surface area contributed by atoms with Crippen LogP contribution in [0.25, 0.3) is 0 Å². The van der Waals surface area contributed by atoms with Crippen molar-refractivity contribution >= 4 is 29.9 Å². The van der Waals surface area contributed by atoms with E-state index in [-0.39, 0.29) is 29.4 Å². The Kier molecular flexibility index (Phi) is 8.41. The number of nitrogens with zero attached hydrogens (tertiary/aromatic N) is 3. The summed E-state index contributed by atoms with van der Waals surface area (Å²) in [7, 11) is 1.94. The van der Waals surface area contributed by atoms with E-state index in [1.807, 2.05) is 17.8 Å². The molecule has 2 N–H and O–H groups in total. The van der Waals surface area contributed by atoms with Crippen molar-refractivity contribution in [2.75, 3.05) is 6.54 Å². The highest BCUT2D eigenvalue weighted by molar-refractivity contribution is 14.0. The number of rotatable bonds is 5. The second-order valence-electron chi connectivity index (χ2n) is 6.94. The summed E-state index contributed by atoms with van der Waals surface area (Å²) in [5, 5.41) is 10.8. The Bertz CT molecular complexity index is 668. The third-order valence-electron chi connectivity index (χ3n) is 3.94. The zero-order valence-corrected chi connectivity index (χ0v) is 18.2. The lowest BCUT2D eigenvalue weighted by Crippen LogP contribution is -2.37. The molecule has 25 heavy (non-hydrogen) atoms. The molecule has 0 saturated carbocycles. The summed E-state index contributed by atoms with van der Waals surface area (Å²) in [6.07, 6.45) is 1.80. The van der Waals surface area contributed by atoms with Crippen LogP contribution in [0.3, 0.4) is 0 Å². The predicted octanol–water partition coefficient (Wildman–Crippen LogP) is 3.59. The molecular weight excluding hydrogens is 425 g/mol. The monoisotopic (exact) mass is 455 g/mol. The Morgan fingerprint density at radius 3 is 2.32 bits per heavy atom. The van der Waals surface area contributed by atoms with E-state index in [1.54, 1.807) is 6.20 Å². The third-order valence-corrected chi connectivity index (χ3v) is 3.94. The van der Waals surface area contributed by atoms with Gasteiger partial charge in [-0.2, -0.15) is 5.10 Å². The van der Waals surface area contributed by atoms with Crippen LogP contribution in [0.15, 0.2) is 41.5 Å². The Balaban J connectivity index is 0.00000312. The van der Waals surface area contributed by atoms with Crippen molar-refractivity contribution in [2.45, 2.75) is 46.2 Å². The number of hydrogen-bond acceptors (Lipinski definition) is 2. The quantitative estimate of drug-likeness (QED) is 0.412. The van der Waals surface area contributed by atoms with E-state index < -0.39 is 0 Å². The van der Waals surface area contributed by atoms with Gasteiger partial charge < -0.3 is 10.6 Å². The van der Waals surface area contributed by atoms with Gasteiger partial charge in [0.05, 0.1) is 18.8 Å². The highest BCUT2D eigenvalue weighted by atomic mass is 127. The minimum atomic E-state index is 0. The van der Waals surface area contributed by atoms with Crippen molar-refractivity contribution in [1.29, 1.82) is 0 Å². The lowest BCUT2D eigenvalue weighted by atomic mass is 9.87. The van der Waals surface area contributed by atoms with Gasteiger partial charge in [0.2, 0.25) is 0 Å². The van der Waals surface area contributed by atoms with Gasteiger partial charge in [0.15, 0.2) is 5.96 Å². The average molecular weight is 455 g/mol. The maximum absolute atomic E-state index is 4.67. The predicted molar refractivity (Wildman–Crippen MR) is 115 cm³/mol. The normalized spacial score (nSPS) is 11.8. The van der Waals surface area contributed by atoms with Crippen molar-refractivity contribution in [3.63, 3.8) is 0 Å². The molecule has 138 valence electrons. The number of guanidine groups is 1. The largest absolute Gasteiger partial charge is 0.357 e. The van der Waals surface area contributed by atoms with Gasteiger partial charge in [-0.3, -0.25) is 4.68 Å². The molecule has 0 aliphatic carbocycles. The van der Waals surface area contributed by atoms with Gasteiger partial charge in [-0.1, -0.05) is 45.0 Å². The van der Waals surface area contributed by atoms with Crippen LogP contribution in [-0.2, 0) is 25.6 Å². The number of halogens is 1. The van der Waals surface area contributed by atoms with Gasteiger partial charge in [0, 0.05) is 19.8 Å². The fourth-order valence-corrected chi connectivity index (χ4v) is 2.37. The average Bonchev–Trinajstić information content (AvgIpc) is 2.95. The van der Waals surface area contributed by atoms with E-state index >= 15 is 0 Å². The van der Waals surface area contributed by atoms with Crippen LogP contribution in [0.5, 0.6) is 0 Å². The summed E-state index contributed by atoms with van der Waals surface area (Å²) in [6.45, 7) is 10.9. The molecule has 0 bridgehead atoms. The summed E-state index contributed by atoms with van der Waals surface area (Å²) in [4.78, 5) is 4.67. The minimum absolute atomic E-state index is 0. The minimum Gasteiger partial charge on any atom is -0.357 e. The molecule has 0 saturated heterocycles. The first-order valence-electron chi connectivity index (χ1n) is 8.48. The van der Waals surface area contributed by atoms with Crippen LogP contribution in [-0.4, -0.2) is 22.3 Å². The maximum atomic E-state index is 4.67. The van der Waals surface area contributed by atoms with Gasteiger partial charge in [0.25, 0.3) is 0 Å². The molecule has 1 heterocycles. The molecule has 6 heteroatoms. The summed E-state index contributed by atoms with van der Waals surface area (Å²) < 4.78 is 1.86. The van der Waals surface area contributed by atoms with Crippen LogP contribution >= 0.6 is 24.0 Å². The SMILES string of the molecule is CCNC(=NCc1ccc(C(C)(C)C)cc1)NCc1ccnn1C.I. The molecule has 0 aliphatic heterocycles. The highest BCUT2D eigenvalue weighted by Gasteiger charge is 2.12. The maximum Gasteiger partial charge on any atom is 0.191 e. The van der Waals surface area contributed by atoms with Crippen molar-refractivity contribution in [2.24, 2.45) is 12.0 Å². The number of hydrogen-bond donors (Lipinski definition) is 2. The second-order valence-corrected chi connectivity index (χ2v) is 6.94. The molecule has 5 nitrogen and oxygen atoms in total.